The van der Waals surface area contributed by atoms with Gasteiger partial charge in [-0.2, -0.15) is 0 Å². The van der Waals surface area contributed by atoms with Crippen LogP contribution < -0.4 is 0 Å². The first kappa shape index (κ1) is 14.4. The molecule has 3 rings (SSSR count). The quantitative estimate of drug-likeness (QED) is 0.624. The summed E-state index contributed by atoms with van der Waals surface area (Å²) in [5.74, 6) is -0.0734. The summed E-state index contributed by atoms with van der Waals surface area (Å²) < 4.78 is 9.24. The van der Waals surface area contributed by atoms with Crippen LogP contribution in [-0.2, 0) is 9.53 Å². The van der Waals surface area contributed by atoms with Crippen molar-refractivity contribution in [1.29, 1.82) is 0 Å². The van der Waals surface area contributed by atoms with Crippen molar-refractivity contribution in [2.75, 3.05) is 12.8 Å². The van der Waals surface area contributed by atoms with E-state index in [9.17, 15) is 4.79 Å². The van der Waals surface area contributed by atoms with Gasteiger partial charge >= 0.3 is 5.97 Å². The van der Waals surface area contributed by atoms with Gasteiger partial charge in [0.2, 0.25) is 0 Å². The molecule has 0 heterocycles. The van der Waals surface area contributed by atoms with E-state index < -0.39 is 0 Å². The van der Waals surface area contributed by atoms with Gasteiger partial charge in [0.25, 0.3) is 0 Å². The average molecular weight is 315 g/mol. The minimum Gasteiger partial charge on any atom is -0.464 e. The molecule has 0 aliphatic heterocycles. The molecule has 21 heavy (non-hydrogen) atoms. The van der Waals surface area contributed by atoms with Gasteiger partial charge in [0.05, 0.1) is 0 Å². The van der Waals surface area contributed by atoms with Crippen LogP contribution in [-0.4, -0.2) is 18.7 Å². The molecule has 0 radical (unpaired) electrons. The highest BCUT2D eigenvalue weighted by Gasteiger charge is 2.28. The lowest BCUT2D eigenvalue weighted by molar-refractivity contribution is -0.140. The highest BCUT2D eigenvalue weighted by atomic mass is 31.1. The maximum Gasteiger partial charge on any atom is 0.315 e. The summed E-state index contributed by atoms with van der Waals surface area (Å²) in [6, 6.07) is 16.6. The first-order valence-corrected chi connectivity index (χ1v) is 8.26. The lowest BCUT2D eigenvalue weighted by Gasteiger charge is -2.13. The van der Waals surface area contributed by atoms with Crippen molar-refractivity contribution in [3.8, 4) is 11.1 Å². The largest absolute Gasteiger partial charge is 0.464 e. The fraction of sp³-hybridized carbons (Fsp3) is 0.188. The SMILES string of the molecule is O=C(CP=NP)OCC1c2ccccc2-c2ccccc21. The van der Waals surface area contributed by atoms with Crippen molar-refractivity contribution in [2.45, 2.75) is 5.92 Å². The van der Waals surface area contributed by atoms with E-state index in [0.717, 1.165) is 8.37 Å². The van der Waals surface area contributed by atoms with E-state index in [1.54, 1.807) is 0 Å². The predicted octanol–water partition coefficient (Wildman–Crippen LogP) is 4.26. The Bertz CT molecular complexity index is 655. The number of ether oxygens (including phenoxy) is 1. The normalized spacial score (nSPS) is 13.2. The van der Waals surface area contributed by atoms with Crippen LogP contribution in [0, 0.1) is 0 Å². The molecular formula is C16H15NO2P2. The van der Waals surface area contributed by atoms with Crippen molar-refractivity contribution in [3.63, 3.8) is 0 Å². The van der Waals surface area contributed by atoms with Gasteiger partial charge in [-0.05, 0) is 31.6 Å². The number of nitrogens with zero attached hydrogens (tertiary/aromatic N) is 1. The Labute approximate surface area is 127 Å². The average Bonchev–Trinajstić information content (AvgIpc) is 2.85. The molecule has 0 aromatic heterocycles. The van der Waals surface area contributed by atoms with Crippen LogP contribution in [0.25, 0.3) is 11.1 Å². The molecule has 1 atom stereocenters. The number of benzene rings is 2. The Balaban J connectivity index is 1.84. The van der Waals surface area contributed by atoms with Gasteiger partial charge in [-0.3, -0.25) is 9.31 Å². The predicted molar refractivity (Wildman–Crippen MR) is 88.6 cm³/mol. The van der Waals surface area contributed by atoms with E-state index in [1.807, 2.05) is 24.3 Å². The third-order valence-electron chi connectivity index (χ3n) is 3.66. The Kier molecular flexibility index (Phi) is 4.43. The van der Waals surface area contributed by atoms with Crippen molar-refractivity contribution in [1.82, 2.24) is 0 Å². The second-order valence-electron chi connectivity index (χ2n) is 4.83. The fourth-order valence-electron chi connectivity index (χ4n) is 2.76. The molecule has 106 valence electrons. The monoisotopic (exact) mass is 315 g/mol. The zero-order chi connectivity index (χ0) is 14.7. The van der Waals surface area contributed by atoms with Crippen LogP contribution >= 0.6 is 17.8 Å². The van der Waals surface area contributed by atoms with Gasteiger partial charge in [-0.15, -0.1) is 0 Å². The summed E-state index contributed by atoms with van der Waals surface area (Å²) in [5, 5.41) is 0. The molecule has 1 aliphatic carbocycles. The van der Waals surface area contributed by atoms with Crippen LogP contribution in [0.5, 0.6) is 0 Å². The van der Waals surface area contributed by atoms with Crippen LogP contribution in [0.3, 0.4) is 0 Å². The van der Waals surface area contributed by atoms with E-state index in [-0.39, 0.29) is 11.9 Å². The number of carbonyl (C=O) groups excluding carboxylic acids is 1. The Morgan fingerprint density at radius 1 is 1.10 bits per heavy atom. The summed E-state index contributed by atoms with van der Waals surface area (Å²) in [4.78, 5) is 11.7. The molecule has 0 spiro atoms. The maximum atomic E-state index is 11.7. The third kappa shape index (κ3) is 2.90. The Hall–Kier alpha value is -1.56. The summed E-state index contributed by atoms with van der Waals surface area (Å²) in [7, 11) is 2.97. The van der Waals surface area contributed by atoms with Gasteiger partial charge in [-0.25, -0.2) is 0 Å². The lowest BCUT2D eigenvalue weighted by Crippen LogP contribution is -2.13. The van der Waals surface area contributed by atoms with E-state index in [1.165, 1.54) is 22.3 Å². The van der Waals surface area contributed by atoms with Crippen LogP contribution in [0.1, 0.15) is 17.0 Å². The second-order valence-corrected chi connectivity index (χ2v) is 6.35. The van der Waals surface area contributed by atoms with E-state index in [0.29, 0.717) is 12.8 Å². The zero-order valence-corrected chi connectivity index (χ0v) is 13.4. The molecule has 3 nitrogen and oxygen atoms in total. The maximum absolute atomic E-state index is 11.7. The van der Waals surface area contributed by atoms with Crippen molar-refractivity contribution in [3.05, 3.63) is 59.7 Å². The minimum atomic E-state index is -0.204. The molecular weight excluding hydrogens is 300 g/mol. The fourth-order valence-corrected chi connectivity index (χ4v) is 3.29. The molecule has 0 amide bonds. The smallest absolute Gasteiger partial charge is 0.315 e. The van der Waals surface area contributed by atoms with E-state index >= 15 is 0 Å². The number of hydrogen-bond donors (Lipinski definition) is 0. The highest BCUT2D eigenvalue weighted by Crippen LogP contribution is 2.44. The standard InChI is InChI=1S/C16H15NO2P2/c18-16(10-21-17-20)19-9-15-13-7-3-1-5-11(13)12-6-2-4-8-14(12)15/h1-8,15H,9-10,20H2. The summed E-state index contributed by atoms with van der Waals surface area (Å²) >= 11 is 0. The molecule has 0 saturated heterocycles. The van der Waals surface area contributed by atoms with E-state index in [2.05, 4.69) is 38.2 Å². The van der Waals surface area contributed by atoms with Gasteiger partial charge in [0.15, 0.2) is 0 Å². The van der Waals surface area contributed by atoms with Crippen molar-refractivity contribution < 1.29 is 9.53 Å². The molecule has 1 aliphatic rings. The van der Waals surface area contributed by atoms with Crippen LogP contribution in [0.2, 0.25) is 0 Å². The van der Waals surface area contributed by atoms with Gasteiger partial charge in [0.1, 0.15) is 12.8 Å². The number of carbonyl (C=O) groups is 1. The summed E-state index contributed by atoms with van der Waals surface area (Å²) in [5.41, 5.74) is 4.96. The van der Waals surface area contributed by atoms with Crippen molar-refractivity contribution >= 4 is 23.7 Å². The van der Waals surface area contributed by atoms with Crippen LogP contribution in [0.15, 0.2) is 53.0 Å². The first-order chi connectivity index (χ1) is 10.3. The van der Waals surface area contributed by atoms with E-state index in [4.69, 9.17) is 4.74 Å². The van der Waals surface area contributed by atoms with Gasteiger partial charge in [0, 0.05) is 14.3 Å². The first-order valence-electron chi connectivity index (χ1n) is 6.72. The second kappa shape index (κ2) is 6.47. The Morgan fingerprint density at radius 2 is 1.67 bits per heavy atom. The van der Waals surface area contributed by atoms with Gasteiger partial charge in [-0.1, -0.05) is 48.5 Å². The molecule has 0 bridgehead atoms. The van der Waals surface area contributed by atoms with Crippen molar-refractivity contribution in [2.24, 2.45) is 4.52 Å². The van der Waals surface area contributed by atoms with Crippen LogP contribution in [0.4, 0.5) is 0 Å². The molecule has 0 fully saturated rings. The Morgan fingerprint density at radius 3 is 2.24 bits per heavy atom. The van der Waals surface area contributed by atoms with Gasteiger partial charge < -0.3 is 4.74 Å². The number of rotatable bonds is 4. The number of hydrogen-bond acceptors (Lipinski definition) is 3. The topological polar surface area (TPSA) is 38.7 Å². The molecule has 1 unspecified atom stereocenters. The highest BCUT2D eigenvalue weighted by molar-refractivity contribution is 7.35. The number of esters is 1. The number of fused-ring (bicyclic) bond motifs is 3. The molecule has 2 aromatic carbocycles. The molecule has 2 aromatic rings. The summed E-state index contributed by atoms with van der Waals surface area (Å²) in [6.07, 6.45) is 0.305. The lowest BCUT2D eigenvalue weighted by atomic mass is 9.98. The minimum absolute atomic E-state index is 0.131. The third-order valence-corrected chi connectivity index (χ3v) is 4.71. The zero-order valence-electron chi connectivity index (χ0n) is 11.4. The molecule has 0 N–H and O–H groups in total. The molecule has 0 saturated carbocycles. The summed E-state index contributed by atoms with van der Waals surface area (Å²) in [6.45, 7) is 0.388. The molecule has 5 heteroatoms.